The highest BCUT2D eigenvalue weighted by molar-refractivity contribution is 5.95. The normalized spacial score (nSPS) is 10.5. The maximum absolute atomic E-state index is 13.2. The van der Waals surface area contributed by atoms with Gasteiger partial charge in [-0.1, -0.05) is 0 Å². The molecule has 0 fully saturated rings. The van der Waals surface area contributed by atoms with E-state index in [0.717, 1.165) is 12.1 Å². The number of halogens is 1. The van der Waals surface area contributed by atoms with Crippen molar-refractivity contribution in [1.82, 2.24) is 4.90 Å². The number of nitro benzene ring substituents is 1. The van der Waals surface area contributed by atoms with Gasteiger partial charge in [-0.05, 0) is 32.9 Å². The molecule has 1 aromatic carbocycles. The number of amides is 1. The van der Waals surface area contributed by atoms with E-state index in [1.54, 1.807) is 4.90 Å². The van der Waals surface area contributed by atoms with Crippen molar-refractivity contribution < 1.29 is 14.1 Å². The summed E-state index contributed by atoms with van der Waals surface area (Å²) in [6, 6.07) is 3.16. The molecule has 0 atom stereocenters. The number of nitrogens with zero attached hydrogens (tertiary/aromatic N) is 2. The van der Waals surface area contributed by atoms with Crippen molar-refractivity contribution in [3.63, 3.8) is 0 Å². The molecule has 0 aliphatic rings. The van der Waals surface area contributed by atoms with Crippen molar-refractivity contribution in [3.8, 4) is 0 Å². The number of hydrogen-bond donors (Lipinski definition) is 0. The second kappa shape index (κ2) is 5.57. The van der Waals surface area contributed by atoms with Gasteiger partial charge in [-0.15, -0.1) is 0 Å². The van der Waals surface area contributed by atoms with E-state index in [-0.39, 0.29) is 17.5 Å². The van der Waals surface area contributed by atoms with Crippen LogP contribution in [0.5, 0.6) is 0 Å². The van der Waals surface area contributed by atoms with Crippen molar-refractivity contribution in [2.24, 2.45) is 0 Å². The molecule has 0 spiro atoms. The zero-order valence-electron chi connectivity index (χ0n) is 10.5. The smallest absolute Gasteiger partial charge is 0.305 e. The molecule has 0 saturated heterocycles. The van der Waals surface area contributed by atoms with Gasteiger partial charge in [0, 0.05) is 24.2 Å². The van der Waals surface area contributed by atoms with Crippen molar-refractivity contribution in [1.29, 1.82) is 0 Å². The van der Waals surface area contributed by atoms with Crippen molar-refractivity contribution in [2.45, 2.75) is 26.8 Å². The zero-order chi connectivity index (χ0) is 13.9. The first-order chi connectivity index (χ1) is 8.38. The topological polar surface area (TPSA) is 63.5 Å². The van der Waals surface area contributed by atoms with E-state index in [9.17, 15) is 19.3 Å². The van der Waals surface area contributed by atoms with E-state index in [1.165, 1.54) is 6.07 Å². The number of benzene rings is 1. The van der Waals surface area contributed by atoms with Gasteiger partial charge < -0.3 is 4.90 Å². The van der Waals surface area contributed by atoms with Crippen LogP contribution in [-0.2, 0) is 0 Å². The third-order valence-corrected chi connectivity index (χ3v) is 2.61. The largest absolute Gasteiger partial charge is 0.336 e. The summed E-state index contributed by atoms with van der Waals surface area (Å²) >= 11 is 0. The molecular formula is C12H15FN2O3. The van der Waals surface area contributed by atoms with Gasteiger partial charge in [0.25, 0.3) is 5.91 Å². The summed E-state index contributed by atoms with van der Waals surface area (Å²) in [5.41, 5.74) is -0.556. The van der Waals surface area contributed by atoms with Gasteiger partial charge in [0.05, 0.1) is 4.92 Å². The third-order valence-electron chi connectivity index (χ3n) is 2.61. The van der Waals surface area contributed by atoms with E-state index in [1.807, 2.05) is 20.8 Å². The van der Waals surface area contributed by atoms with Gasteiger partial charge in [-0.2, -0.15) is 4.39 Å². The van der Waals surface area contributed by atoms with Crippen LogP contribution in [-0.4, -0.2) is 28.3 Å². The van der Waals surface area contributed by atoms with Gasteiger partial charge in [0.1, 0.15) is 0 Å². The minimum absolute atomic E-state index is 0.0217. The number of nitro groups is 1. The van der Waals surface area contributed by atoms with E-state index in [2.05, 4.69) is 0 Å². The van der Waals surface area contributed by atoms with Crippen LogP contribution in [0, 0.1) is 15.9 Å². The predicted molar refractivity (Wildman–Crippen MR) is 64.9 cm³/mol. The first kappa shape index (κ1) is 14.1. The Kier molecular flexibility index (Phi) is 4.36. The summed E-state index contributed by atoms with van der Waals surface area (Å²) in [4.78, 5) is 23.4. The first-order valence-corrected chi connectivity index (χ1v) is 5.63. The van der Waals surface area contributed by atoms with Gasteiger partial charge in [-0.3, -0.25) is 14.9 Å². The average molecular weight is 254 g/mol. The Labute approximate surface area is 104 Å². The Bertz CT molecular complexity index is 474. The molecule has 1 rings (SSSR count). The number of hydrogen-bond acceptors (Lipinski definition) is 3. The molecular weight excluding hydrogens is 239 g/mol. The Hall–Kier alpha value is -1.98. The fourth-order valence-electron chi connectivity index (χ4n) is 1.69. The van der Waals surface area contributed by atoms with Crippen molar-refractivity contribution >= 4 is 11.6 Å². The Morgan fingerprint density at radius 2 is 2.11 bits per heavy atom. The van der Waals surface area contributed by atoms with Crippen LogP contribution >= 0.6 is 0 Å². The van der Waals surface area contributed by atoms with Gasteiger partial charge >= 0.3 is 5.69 Å². The lowest BCUT2D eigenvalue weighted by atomic mass is 10.1. The van der Waals surface area contributed by atoms with Crippen LogP contribution in [0.1, 0.15) is 31.1 Å². The molecule has 0 N–H and O–H groups in total. The van der Waals surface area contributed by atoms with Gasteiger partial charge in [0.2, 0.25) is 5.82 Å². The molecule has 98 valence electrons. The molecule has 6 heteroatoms. The van der Waals surface area contributed by atoms with Crippen molar-refractivity contribution in [3.05, 3.63) is 39.7 Å². The first-order valence-electron chi connectivity index (χ1n) is 5.63. The van der Waals surface area contributed by atoms with E-state index in [4.69, 9.17) is 0 Å². The zero-order valence-corrected chi connectivity index (χ0v) is 10.5. The fraction of sp³-hybridized carbons (Fsp3) is 0.417. The lowest BCUT2D eigenvalue weighted by Crippen LogP contribution is -2.36. The van der Waals surface area contributed by atoms with Crippen LogP contribution in [0.2, 0.25) is 0 Å². The standard InChI is InChI=1S/C12H15FN2O3/c1-4-14(8(2)3)12(16)9-5-6-10(13)11(7-9)15(17)18/h5-8H,4H2,1-3H3. The lowest BCUT2D eigenvalue weighted by molar-refractivity contribution is -0.387. The molecule has 0 unspecified atom stereocenters. The summed E-state index contributed by atoms with van der Waals surface area (Å²) in [5, 5.41) is 10.6. The second-order valence-electron chi connectivity index (χ2n) is 4.11. The highest BCUT2D eigenvalue weighted by Crippen LogP contribution is 2.20. The molecule has 0 aliphatic heterocycles. The summed E-state index contributed by atoms with van der Waals surface area (Å²) < 4.78 is 13.2. The summed E-state index contributed by atoms with van der Waals surface area (Å²) in [6.07, 6.45) is 0. The Morgan fingerprint density at radius 3 is 2.56 bits per heavy atom. The minimum Gasteiger partial charge on any atom is -0.336 e. The molecule has 0 heterocycles. The number of carbonyl (C=O) groups excluding carboxylic acids is 1. The minimum atomic E-state index is -0.941. The number of carbonyl (C=O) groups is 1. The van der Waals surface area contributed by atoms with Gasteiger partial charge in [0.15, 0.2) is 0 Å². The molecule has 0 saturated carbocycles. The predicted octanol–water partition coefficient (Wildman–Crippen LogP) is 2.60. The Balaban J connectivity index is 3.14. The third kappa shape index (κ3) is 2.82. The van der Waals surface area contributed by atoms with Crippen LogP contribution < -0.4 is 0 Å². The summed E-state index contributed by atoms with van der Waals surface area (Å²) in [6.45, 7) is 6.00. The second-order valence-corrected chi connectivity index (χ2v) is 4.11. The highest BCUT2D eigenvalue weighted by Gasteiger charge is 2.21. The van der Waals surface area contributed by atoms with Crippen LogP contribution in [0.4, 0.5) is 10.1 Å². The molecule has 1 amide bonds. The van der Waals surface area contributed by atoms with E-state index in [0.29, 0.717) is 6.54 Å². The fourth-order valence-corrected chi connectivity index (χ4v) is 1.69. The van der Waals surface area contributed by atoms with Crippen LogP contribution in [0.3, 0.4) is 0 Å². The number of rotatable bonds is 4. The molecule has 18 heavy (non-hydrogen) atoms. The maximum Gasteiger partial charge on any atom is 0.305 e. The summed E-state index contributed by atoms with van der Waals surface area (Å²) in [7, 11) is 0. The van der Waals surface area contributed by atoms with Crippen LogP contribution in [0.25, 0.3) is 0 Å². The summed E-state index contributed by atoms with van der Waals surface area (Å²) in [5.74, 6) is -1.28. The lowest BCUT2D eigenvalue weighted by Gasteiger charge is -2.25. The molecule has 5 nitrogen and oxygen atoms in total. The molecule has 0 radical (unpaired) electrons. The van der Waals surface area contributed by atoms with Crippen molar-refractivity contribution in [2.75, 3.05) is 6.54 Å². The molecule has 1 aromatic rings. The van der Waals surface area contributed by atoms with E-state index < -0.39 is 16.4 Å². The monoisotopic (exact) mass is 254 g/mol. The molecule has 0 aromatic heterocycles. The quantitative estimate of drug-likeness (QED) is 0.612. The SMILES string of the molecule is CCN(C(=O)c1ccc(F)c([N+](=O)[O-])c1)C(C)C. The maximum atomic E-state index is 13.2. The molecule has 0 bridgehead atoms. The average Bonchev–Trinajstić information content (AvgIpc) is 2.29. The molecule has 0 aliphatic carbocycles. The van der Waals surface area contributed by atoms with Crippen LogP contribution in [0.15, 0.2) is 18.2 Å². The Morgan fingerprint density at radius 1 is 1.50 bits per heavy atom. The van der Waals surface area contributed by atoms with Gasteiger partial charge in [-0.25, -0.2) is 0 Å². The highest BCUT2D eigenvalue weighted by atomic mass is 19.1. The van der Waals surface area contributed by atoms with E-state index >= 15 is 0 Å².